The van der Waals surface area contributed by atoms with E-state index in [1.54, 1.807) is 12.1 Å². The van der Waals surface area contributed by atoms with Crippen LogP contribution in [0.25, 0.3) is 11.5 Å². The molecule has 0 amide bonds. The first-order valence-electron chi connectivity index (χ1n) is 6.82. The molecule has 1 N–H and O–H groups in total. The van der Waals surface area contributed by atoms with Crippen molar-refractivity contribution >= 4 is 0 Å². The van der Waals surface area contributed by atoms with Crippen molar-refractivity contribution in [2.24, 2.45) is 0 Å². The first kappa shape index (κ1) is 13.9. The summed E-state index contributed by atoms with van der Waals surface area (Å²) in [6.45, 7) is -0.961. The molecule has 3 rings (SSSR count). The highest BCUT2D eigenvalue weighted by molar-refractivity contribution is 5.54. The zero-order valence-electron chi connectivity index (χ0n) is 11.3. The molecular formula is C14H15F2N3O2. The molecule has 1 aromatic carbocycles. The molecule has 1 unspecified atom stereocenters. The summed E-state index contributed by atoms with van der Waals surface area (Å²) in [6, 6.07) is 6.14. The minimum absolute atomic E-state index is 0.102. The number of ether oxygens (including phenoxy) is 1. The Morgan fingerprint density at radius 1 is 1.29 bits per heavy atom. The number of rotatable bonds is 4. The van der Waals surface area contributed by atoms with Gasteiger partial charge in [0.2, 0.25) is 0 Å². The minimum Gasteiger partial charge on any atom is -0.435 e. The summed E-state index contributed by atoms with van der Waals surface area (Å²) >= 11 is 0. The van der Waals surface area contributed by atoms with Gasteiger partial charge in [0.15, 0.2) is 5.82 Å². The Morgan fingerprint density at radius 3 is 2.76 bits per heavy atom. The third kappa shape index (κ3) is 3.36. The molecule has 0 radical (unpaired) electrons. The maximum Gasteiger partial charge on any atom is 0.387 e. The summed E-state index contributed by atoms with van der Waals surface area (Å²) in [6.07, 6.45) is 2.13. The lowest BCUT2D eigenvalue weighted by Gasteiger charge is -2.19. The van der Waals surface area contributed by atoms with Gasteiger partial charge in [-0.2, -0.15) is 13.8 Å². The van der Waals surface area contributed by atoms with Crippen LogP contribution in [0.2, 0.25) is 0 Å². The molecule has 0 spiro atoms. The molecule has 21 heavy (non-hydrogen) atoms. The van der Waals surface area contributed by atoms with Gasteiger partial charge in [-0.1, -0.05) is 5.16 Å². The van der Waals surface area contributed by atoms with E-state index >= 15 is 0 Å². The number of alkyl halides is 2. The van der Waals surface area contributed by atoms with Crippen LogP contribution in [0.15, 0.2) is 28.8 Å². The van der Waals surface area contributed by atoms with Crippen LogP contribution >= 0.6 is 0 Å². The summed E-state index contributed by atoms with van der Waals surface area (Å²) in [5, 5.41) is 7.31. The SMILES string of the molecule is FC(F)Oc1ccc(-c2nc(C3CCCNC3)no2)cc1. The number of halogens is 2. The normalized spacial score (nSPS) is 18.9. The number of benzene rings is 1. The molecule has 1 aromatic heterocycles. The van der Waals surface area contributed by atoms with Crippen molar-refractivity contribution in [3.05, 3.63) is 30.1 Å². The average Bonchev–Trinajstić information content (AvgIpc) is 2.98. The Hall–Kier alpha value is -2.02. The van der Waals surface area contributed by atoms with E-state index in [1.165, 1.54) is 12.1 Å². The Bertz CT molecular complexity index is 580. The molecule has 2 aromatic rings. The monoisotopic (exact) mass is 295 g/mol. The zero-order chi connectivity index (χ0) is 14.7. The van der Waals surface area contributed by atoms with E-state index in [-0.39, 0.29) is 11.7 Å². The summed E-state index contributed by atoms with van der Waals surface area (Å²) < 4.78 is 33.7. The van der Waals surface area contributed by atoms with Crippen molar-refractivity contribution < 1.29 is 18.0 Å². The number of hydrogen-bond acceptors (Lipinski definition) is 5. The highest BCUT2D eigenvalue weighted by atomic mass is 19.3. The summed E-state index contributed by atoms with van der Waals surface area (Å²) in [4.78, 5) is 4.39. The molecule has 1 aliphatic rings. The lowest BCUT2D eigenvalue weighted by Crippen LogP contribution is -2.28. The predicted octanol–water partition coefficient (Wildman–Crippen LogP) is 2.81. The smallest absolute Gasteiger partial charge is 0.387 e. The van der Waals surface area contributed by atoms with Crippen molar-refractivity contribution in [2.45, 2.75) is 25.4 Å². The Balaban J connectivity index is 1.73. The molecule has 1 saturated heterocycles. The molecule has 2 heterocycles. The molecule has 112 valence electrons. The van der Waals surface area contributed by atoms with Gasteiger partial charge in [-0.25, -0.2) is 0 Å². The second-order valence-corrected chi connectivity index (χ2v) is 4.90. The van der Waals surface area contributed by atoms with Crippen LogP contribution in [0.1, 0.15) is 24.6 Å². The fourth-order valence-electron chi connectivity index (χ4n) is 2.37. The van der Waals surface area contributed by atoms with E-state index in [0.717, 1.165) is 25.9 Å². The number of hydrogen-bond donors (Lipinski definition) is 1. The topological polar surface area (TPSA) is 60.2 Å². The maximum atomic E-state index is 12.1. The molecule has 0 aliphatic carbocycles. The lowest BCUT2D eigenvalue weighted by molar-refractivity contribution is -0.0498. The van der Waals surface area contributed by atoms with Gasteiger partial charge in [0, 0.05) is 18.0 Å². The molecule has 1 fully saturated rings. The van der Waals surface area contributed by atoms with Gasteiger partial charge in [0.25, 0.3) is 5.89 Å². The predicted molar refractivity (Wildman–Crippen MR) is 71.2 cm³/mol. The van der Waals surface area contributed by atoms with Crippen LogP contribution in [0.5, 0.6) is 5.75 Å². The quantitative estimate of drug-likeness (QED) is 0.940. The Morgan fingerprint density at radius 2 is 2.10 bits per heavy atom. The lowest BCUT2D eigenvalue weighted by atomic mass is 9.99. The molecule has 7 heteroatoms. The van der Waals surface area contributed by atoms with Crippen LogP contribution in [-0.2, 0) is 0 Å². The second kappa shape index (κ2) is 6.17. The van der Waals surface area contributed by atoms with Crippen LogP contribution < -0.4 is 10.1 Å². The van der Waals surface area contributed by atoms with E-state index in [0.29, 0.717) is 17.3 Å². The van der Waals surface area contributed by atoms with Gasteiger partial charge in [-0.15, -0.1) is 0 Å². The van der Waals surface area contributed by atoms with E-state index < -0.39 is 6.61 Å². The first-order valence-corrected chi connectivity index (χ1v) is 6.82. The minimum atomic E-state index is -2.83. The maximum absolute atomic E-state index is 12.1. The first-order chi connectivity index (χ1) is 10.2. The second-order valence-electron chi connectivity index (χ2n) is 4.90. The molecule has 1 aliphatic heterocycles. The number of aromatic nitrogens is 2. The zero-order valence-corrected chi connectivity index (χ0v) is 11.3. The number of nitrogens with zero attached hydrogens (tertiary/aromatic N) is 2. The van der Waals surface area contributed by atoms with Gasteiger partial charge in [-0.05, 0) is 43.7 Å². The van der Waals surface area contributed by atoms with Gasteiger partial charge < -0.3 is 14.6 Å². The average molecular weight is 295 g/mol. The fourth-order valence-corrected chi connectivity index (χ4v) is 2.37. The van der Waals surface area contributed by atoms with Crippen LogP contribution in [0.4, 0.5) is 8.78 Å². The van der Waals surface area contributed by atoms with E-state index in [2.05, 4.69) is 20.2 Å². The van der Waals surface area contributed by atoms with Crippen molar-refractivity contribution in [1.82, 2.24) is 15.5 Å². The van der Waals surface area contributed by atoms with Gasteiger partial charge in [0.1, 0.15) is 5.75 Å². The third-order valence-corrected chi connectivity index (χ3v) is 3.43. The molecular weight excluding hydrogens is 280 g/mol. The molecule has 0 bridgehead atoms. The van der Waals surface area contributed by atoms with E-state index in [9.17, 15) is 8.78 Å². The van der Waals surface area contributed by atoms with Gasteiger partial charge in [-0.3, -0.25) is 0 Å². The number of nitrogens with one attached hydrogen (secondary N) is 1. The van der Waals surface area contributed by atoms with Crippen molar-refractivity contribution in [3.63, 3.8) is 0 Å². The summed E-state index contributed by atoms with van der Waals surface area (Å²) in [5.74, 6) is 1.44. The third-order valence-electron chi connectivity index (χ3n) is 3.43. The highest BCUT2D eigenvalue weighted by Crippen LogP contribution is 2.25. The fraction of sp³-hybridized carbons (Fsp3) is 0.429. The largest absolute Gasteiger partial charge is 0.435 e. The highest BCUT2D eigenvalue weighted by Gasteiger charge is 2.21. The van der Waals surface area contributed by atoms with E-state index in [1.807, 2.05) is 0 Å². The Labute approximate surface area is 120 Å². The van der Waals surface area contributed by atoms with Crippen LogP contribution in [0.3, 0.4) is 0 Å². The van der Waals surface area contributed by atoms with Crippen molar-refractivity contribution in [2.75, 3.05) is 13.1 Å². The van der Waals surface area contributed by atoms with Crippen LogP contribution in [-0.4, -0.2) is 29.8 Å². The van der Waals surface area contributed by atoms with E-state index in [4.69, 9.17) is 4.52 Å². The van der Waals surface area contributed by atoms with Crippen molar-refractivity contribution in [1.29, 1.82) is 0 Å². The van der Waals surface area contributed by atoms with Crippen molar-refractivity contribution in [3.8, 4) is 17.2 Å². The molecule has 1 atom stereocenters. The Kier molecular flexibility index (Phi) is 4.10. The van der Waals surface area contributed by atoms with Gasteiger partial charge >= 0.3 is 6.61 Å². The van der Waals surface area contributed by atoms with Gasteiger partial charge in [0.05, 0.1) is 0 Å². The summed E-state index contributed by atoms with van der Waals surface area (Å²) in [5.41, 5.74) is 0.680. The van der Waals surface area contributed by atoms with Crippen LogP contribution in [0, 0.1) is 0 Å². The summed E-state index contributed by atoms with van der Waals surface area (Å²) in [7, 11) is 0. The number of piperidine rings is 1. The molecule has 5 nitrogen and oxygen atoms in total. The standard InChI is InChI=1S/C14H15F2N3O2/c15-14(16)20-11-5-3-9(4-6-11)13-18-12(19-21-13)10-2-1-7-17-8-10/h3-6,10,14,17H,1-2,7-8H2. The molecule has 0 saturated carbocycles.